The minimum atomic E-state index is -4.45. The van der Waals surface area contributed by atoms with Crippen LogP contribution in [0.5, 0.6) is 11.5 Å². The van der Waals surface area contributed by atoms with Crippen molar-refractivity contribution >= 4 is 0 Å². The second-order valence-electron chi connectivity index (χ2n) is 4.79. The van der Waals surface area contributed by atoms with Gasteiger partial charge in [-0.3, -0.25) is 10.1 Å². The lowest BCUT2D eigenvalue weighted by Crippen LogP contribution is -2.05. The van der Waals surface area contributed by atoms with Gasteiger partial charge in [0.2, 0.25) is 0 Å². The van der Waals surface area contributed by atoms with Crippen molar-refractivity contribution in [1.29, 1.82) is 0 Å². The van der Waals surface area contributed by atoms with Crippen LogP contribution in [0.4, 0.5) is 13.2 Å². The first-order valence-electron chi connectivity index (χ1n) is 6.72. The number of phenolic OH excluding ortho intramolecular Hbond substituents is 1. The number of nitrogens with zero attached hydrogens (tertiary/aromatic N) is 3. The third kappa shape index (κ3) is 2.87. The van der Waals surface area contributed by atoms with Gasteiger partial charge in [-0.25, -0.2) is 4.98 Å². The smallest absolute Gasteiger partial charge is 0.417 e. The first kappa shape index (κ1) is 15.8. The summed E-state index contributed by atoms with van der Waals surface area (Å²) < 4.78 is 42.7. The zero-order valence-electron chi connectivity index (χ0n) is 12.3. The zero-order valence-corrected chi connectivity index (χ0v) is 12.3. The number of hydrogen-bond acceptors (Lipinski definition) is 5. The minimum absolute atomic E-state index is 0.133. The Labute approximate surface area is 134 Å². The Hall–Kier alpha value is -3.10. The molecule has 2 aromatic heterocycles. The average Bonchev–Trinajstić information content (AvgIpc) is 3.04. The molecule has 24 heavy (non-hydrogen) atoms. The largest absolute Gasteiger partial charge is 0.504 e. The van der Waals surface area contributed by atoms with Crippen LogP contribution in [0, 0.1) is 0 Å². The Morgan fingerprint density at radius 3 is 2.58 bits per heavy atom. The number of rotatable bonds is 3. The SMILES string of the molecule is COc1cccc(-c2n[nH]c(-c3ccc(C(F)(F)F)cn3)n2)c1O. The van der Waals surface area contributed by atoms with Gasteiger partial charge in [0.15, 0.2) is 23.1 Å². The van der Waals surface area contributed by atoms with Crippen molar-refractivity contribution in [3.8, 4) is 34.4 Å². The Kier molecular flexibility index (Phi) is 3.84. The van der Waals surface area contributed by atoms with Crippen molar-refractivity contribution in [3.05, 3.63) is 42.1 Å². The number of hydrogen-bond donors (Lipinski definition) is 2. The van der Waals surface area contributed by atoms with Gasteiger partial charge in [0.25, 0.3) is 0 Å². The second kappa shape index (κ2) is 5.84. The standard InChI is InChI=1S/C15H11F3N4O2/c1-24-11-4-2-3-9(12(11)23)13-20-14(22-21-13)10-6-5-8(7-19-10)15(16,17)18/h2-7,23H,1H3,(H,20,21,22). The molecule has 6 nitrogen and oxygen atoms in total. The molecular formula is C15H11F3N4O2. The van der Waals surface area contributed by atoms with Gasteiger partial charge in [-0.2, -0.15) is 18.3 Å². The van der Waals surface area contributed by atoms with E-state index in [-0.39, 0.29) is 28.8 Å². The van der Waals surface area contributed by atoms with Gasteiger partial charge < -0.3 is 9.84 Å². The third-order valence-electron chi connectivity index (χ3n) is 3.28. The van der Waals surface area contributed by atoms with E-state index in [0.717, 1.165) is 12.3 Å². The number of halogens is 3. The van der Waals surface area contributed by atoms with Crippen molar-refractivity contribution in [1.82, 2.24) is 20.2 Å². The number of ether oxygens (including phenoxy) is 1. The molecule has 0 aliphatic heterocycles. The maximum absolute atomic E-state index is 12.5. The van der Waals surface area contributed by atoms with E-state index < -0.39 is 11.7 Å². The maximum atomic E-state index is 12.5. The minimum Gasteiger partial charge on any atom is -0.504 e. The van der Waals surface area contributed by atoms with Gasteiger partial charge in [0, 0.05) is 6.20 Å². The van der Waals surface area contributed by atoms with Gasteiger partial charge in [-0.1, -0.05) is 6.07 Å². The van der Waals surface area contributed by atoms with Crippen LogP contribution in [0.15, 0.2) is 36.5 Å². The average molecular weight is 336 g/mol. The molecule has 0 spiro atoms. The van der Waals surface area contributed by atoms with Gasteiger partial charge >= 0.3 is 6.18 Å². The molecule has 0 aliphatic rings. The van der Waals surface area contributed by atoms with E-state index in [1.54, 1.807) is 18.2 Å². The van der Waals surface area contributed by atoms with Gasteiger partial charge in [0.05, 0.1) is 18.2 Å². The van der Waals surface area contributed by atoms with Gasteiger partial charge in [0.1, 0.15) is 5.69 Å². The summed E-state index contributed by atoms with van der Waals surface area (Å²) in [6.45, 7) is 0. The van der Waals surface area contributed by atoms with E-state index in [1.807, 2.05) is 0 Å². The highest BCUT2D eigenvalue weighted by atomic mass is 19.4. The fraction of sp³-hybridized carbons (Fsp3) is 0.133. The predicted octanol–water partition coefficient (Wildman–Crippen LogP) is 3.27. The van der Waals surface area contributed by atoms with Crippen molar-refractivity contribution in [2.24, 2.45) is 0 Å². The Morgan fingerprint density at radius 1 is 1.17 bits per heavy atom. The zero-order chi connectivity index (χ0) is 17.3. The number of methoxy groups -OCH3 is 1. The van der Waals surface area contributed by atoms with Gasteiger partial charge in [-0.15, -0.1) is 0 Å². The quantitative estimate of drug-likeness (QED) is 0.767. The lowest BCUT2D eigenvalue weighted by atomic mass is 10.2. The summed E-state index contributed by atoms with van der Waals surface area (Å²) in [5.74, 6) is 0.474. The Bertz CT molecular complexity index is 860. The van der Waals surface area contributed by atoms with Crippen LogP contribution in [-0.2, 0) is 6.18 Å². The molecule has 2 N–H and O–H groups in total. The number of benzene rings is 1. The molecule has 0 radical (unpaired) electrons. The predicted molar refractivity (Wildman–Crippen MR) is 78.3 cm³/mol. The number of phenols is 1. The van der Waals surface area contributed by atoms with E-state index in [1.165, 1.54) is 13.2 Å². The number of aromatic hydroxyl groups is 1. The number of pyridine rings is 1. The number of para-hydroxylation sites is 1. The molecule has 3 aromatic rings. The van der Waals surface area contributed by atoms with Crippen LogP contribution >= 0.6 is 0 Å². The topological polar surface area (TPSA) is 83.9 Å². The molecular weight excluding hydrogens is 325 g/mol. The monoisotopic (exact) mass is 336 g/mol. The normalized spacial score (nSPS) is 11.5. The van der Waals surface area contributed by atoms with Crippen molar-refractivity contribution in [2.75, 3.05) is 7.11 Å². The van der Waals surface area contributed by atoms with Crippen molar-refractivity contribution in [3.63, 3.8) is 0 Å². The second-order valence-corrected chi connectivity index (χ2v) is 4.79. The first-order chi connectivity index (χ1) is 11.4. The summed E-state index contributed by atoms with van der Waals surface area (Å²) in [6, 6.07) is 6.92. The summed E-state index contributed by atoms with van der Waals surface area (Å²) in [6.07, 6.45) is -3.73. The maximum Gasteiger partial charge on any atom is 0.417 e. The molecule has 124 valence electrons. The molecule has 0 saturated carbocycles. The van der Waals surface area contributed by atoms with Crippen LogP contribution < -0.4 is 4.74 Å². The van der Waals surface area contributed by atoms with E-state index >= 15 is 0 Å². The highest BCUT2D eigenvalue weighted by Gasteiger charge is 2.30. The number of nitrogens with one attached hydrogen (secondary N) is 1. The molecule has 0 bridgehead atoms. The molecule has 0 atom stereocenters. The summed E-state index contributed by atoms with van der Waals surface area (Å²) >= 11 is 0. The van der Waals surface area contributed by atoms with Crippen LogP contribution in [0.3, 0.4) is 0 Å². The van der Waals surface area contributed by atoms with E-state index in [9.17, 15) is 18.3 Å². The Balaban J connectivity index is 1.94. The molecule has 0 fully saturated rings. The molecule has 9 heteroatoms. The van der Waals surface area contributed by atoms with Crippen LogP contribution in [0.2, 0.25) is 0 Å². The summed E-state index contributed by atoms with van der Waals surface area (Å²) in [7, 11) is 1.41. The summed E-state index contributed by atoms with van der Waals surface area (Å²) in [5, 5.41) is 16.6. The first-order valence-corrected chi connectivity index (χ1v) is 6.72. The van der Waals surface area contributed by atoms with Crippen LogP contribution in [-0.4, -0.2) is 32.4 Å². The molecule has 0 aliphatic carbocycles. The molecule has 1 aromatic carbocycles. The molecule has 3 rings (SSSR count). The summed E-state index contributed by atoms with van der Waals surface area (Å²) in [5.41, 5.74) is -0.329. The summed E-state index contributed by atoms with van der Waals surface area (Å²) in [4.78, 5) is 7.89. The van der Waals surface area contributed by atoms with E-state index in [4.69, 9.17) is 4.74 Å². The van der Waals surface area contributed by atoms with Crippen molar-refractivity contribution < 1.29 is 23.0 Å². The van der Waals surface area contributed by atoms with Gasteiger partial charge in [-0.05, 0) is 24.3 Å². The highest BCUT2D eigenvalue weighted by molar-refractivity contribution is 5.69. The lowest BCUT2D eigenvalue weighted by molar-refractivity contribution is -0.137. The highest BCUT2D eigenvalue weighted by Crippen LogP contribution is 2.35. The van der Waals surface area contributed by atoms with Crippen LogP contribution in [0.1, 0.15) is 5.56 Å². The van der Waals surface area contributed by atoms with Crippen molar-refractivity contribution in [2.45, 2.75) is 6.18 Å². The fourth-order valence-electron chi connectivity index (χ4n) is 2.07. The number of H-pyrrole nitrogens is 1. The molecule has 0 unspecified atom stereocenters. The number of aromatic amines is 1. The lowest BCUT2D eigenvalue weighted by Gasteiger charge is -2.06. The number of aromatic nitrogens is 4. The molecule has 0 saturated heterocycles. The third-order valence-corrected chi connectivity index (χ3v) is 3.28. The van der Waals surface area contributed by atoms with Crippen LogP contribution in [0.25, 0.3) is 22.9 Å². The number of alkyl halides is 3. The van der Waals surface area contributed by atoms with E-state index in [2.05, 4.69) is 20.2 Å². The van der Waals surface area contributed by atoms with E-state index in [0.29, 0.717) is 5.56 Å². The molecule has 2 heterocycles. The molecule has 0 amide bonds. The Morgan fingerprint density at radius 2 is 1.96 bits per heavy atom. The fourth-order valence-corrected chi connectivity index (χ4v) is 2.07.